The number of nitrogens with zero attached hydrogens (tertiary/aromatic N) is 2. The first-order valence-electron chi connectivity index (χ1n) is 22.5. The highest BCUT2D eigenvalue weighted by Gasteiger charge is 2.42. The van der Waals surface area contributed by atoms with Gasteiger partial charge in [0.2, 0.25) is 0 Å². The number of fused-ring (bicyclic) bond motifs is 3. The van der Waals surface area contributed by atoms with Crippen LogP contribution in [0.5, 0.6) is 0 Å². The molecule has 0 bridgehead atoms. The SMILES string of the molecule is CCCCCCCCC1(CCCCCCCC)c2cc(-c3cc(/C=C/c4ccncc4)c(C(C)C)cc3/C=C/c3ccncc3)ccc2-c2ccc(C(C)C)cc21. The van der Waals surface area contributed by atoms with Crippen LogP contribution in [0.25, 0.3) is 46.6 Å². The zero-order valence-electron chi connectivity index (χ0n) is 36.0. The summed E-state index contributed by atoms with van der Waals surface area (Å²) in [7, 11) is 0. The van der Waals surface area contributed by atoms with Gasteiger partial charge in [-0.05, 0) is 128 Å². The highest BCUT2D eigenvalue weighted by atomic mass is 14.6. The molecule has 0 N–H and O–H groups in total. The largest absolute Gasteiger partial charge is 0.265 e. The average Bonchev–Trinajstić information content (AvgIpc) is 3.50. The van der Waals surface area contributed by atoms with E-state index in [9.17, 15) is 0 Å². The van der Waals surface area contributed by atoms with Gasteiger partial charge in [-0.1, -0.05) is 179 Å². The molecule has 0 atom stereocenters. The maximum atomic E-state index is 4.27. The van der Waals surface area contributed by atoms with Crippen molar-refractivity contribution < 1.29 is 0 Å². The second-order valence-electron chi connectivity index (χ2n) is 17.3. The van der Waals surface area contributed by atoms with Crippen LogP contribution >= 0.6 is 0 Å². The minimum absolute atomic E-state index is 0.0239. The maximum Gasteiger partial charge on any atom is 0.0273 e. The Morgan fingerprint density at radius 2 is 0.982 bits per heavy atom. The summed E-state index contributed by atoms with van der Waals surface area (Å²) in [6.07, 6.45) is 34.9. The van der Waals surface area contributed by atoms with Crippen molar-refractivity contribution in [2.75, 3.05) is 0 Å². The standard InChI is InChI=1S/C55H68N2/c1-7-9-11-13-15-17-31-55(32-18-16-14-12-10-8-2)53-39-45(41(3)4)23-25-49(53)50-26-24-48(40-54(50)55)52-38-46(21-19-43-27-33-56-34-28-43)51(42(5)6)37-47(52)22-20-44-29-35-57-36-30-44/h19-30,33-42H,7-18,31-32H2,1-6H3/b21-19+,22-20+. The van der Waals surface area contributed by atoms with Gasteiger partial charge < -0.3 is 0 Å². The summed E-state index contributed by atoms with van der Waals surface area (Å²) in [6.45, 7) is 14.0. The van der Waals surface area contributed by atoms with Crippen molar-refractivity contribution in [1.82, 2.24) is 9.97 Å². The van der Waals surface area contributed by atoms with Gasteiger partial charge in [0, 0.05) is 30.2 Å². The van der Waals surface area contributed by atoms with E-state index < -0.39 is 0 Å². The third-order valence-corrected chi connectivity index (χ3v) is 12.5. The lowest BCUT2D eigenvalue weighted by molar-refractivity contribution is 0.397. The van der Waals surface area contributed by atoms with E-state index >= 15 is 0 Å². The zero-order chi connectivity index (χ0) is 40.0. The summed E-state index contributed by atoms with van der Waals surface area (Å²) in [5, 5.41) is 0. The number of aromatic nitrogens is 2. The second kappa shape index (κ2) is 20.7. The zero-order valence-corrected chi connectivity index (χ0v) is 36.0. The molecule has 1 aliphatic carbocycles. The van der Waals surface area contributed by atoms with E-state index in [1.165, 1.54) is 134 Å². The molecule has 2 nitrogen and oxygen atoms in total. The molecule has 0 saturated carbocycles. The maximum absolute atomic E-state index is 4.27. The molecule has 0 spiro atoms. The Kier molecular flexibility index (Phi) is 15.3. The predicted octanol–water partition coefficient (Wildman–Crippen LogP) is 16.5. The molecule has 2 heteroatoms. The molecule has 1 aliphatic rings. The van der Waals surface area contributed by atoms with Crippen molar-refractivity contribution in [2.45, 2.75) is 149 Å². The lowest BCUT2D eigenvalue weighted by atomic mass is 9.69. The fourth-order valence-corrected chi connectivity index (χ4v) is 9.12. The van der Waals surface area contributed by atoms with Gasteiger partial charge in [-0.2, -0.15) is 0 Å². The molecule has 0 radical (unpaired) electrons. The molecule has 5 aromatic rings. The molecular formula is C55H68N2. The van der Waals surface area contributed by atoms with Gasteiger partial charge in [-0.25, -0.2) is 0 Å². The summed E-state index contributed by atoms with van der Waals surface area (Å²) in [6, 6.07) is 28.2. The van der Waals surface area contributed by atoms with Gasteiger partial charge >= 0.3 is 0 Å². The predicted molar refractivity (Wildman–Crippen MR) is 249 cm³/mol. The van der Waals surface area contributed by atoms with Gasteiger partial charge in [0.1, 0.15) is 0 Å². The fraction of sp³-hybridized carbons (Fsp3) is 0.418. The Balaban J connectivity index is 1.50. The molecule has 0 fully saturated rings. The second-order valence-corrected chi connectivity index (χ2v) is 17.3. The lowest BCUT2D eigenvalue weighted by Gasteiger charge is -2.34. The lowest BCUT2D eigenvalue weighted by Crippen LogP contribution is -2.26. The first-order valence-corrected chi connectivity index (χ1v) is 22.5. The van der Waals surface area contributed by atoms with E-state index in [1.54, 1.807) is 11.1 Å². The Labute approximate surface area is 346 Å². The molecule has 0 aliphatic heterocycles. The van der Waals surface area contributed by atoms with Crippen LogP contribution in [0, 0.1) is 0 Å². The van der Waals surface area contributed by atoms with E-state index in [-0.39, 0.29) is 5.41 Å². The van der Waals surface area contributed by atoms with E-state index in [1.807, 2.05) is 24.8 Å². The Bertz CT molecular complexity index is 2050. The van der Waals surface area contributed by atoms with Crippen LogP contribution < -0.4 is 0 Å². The molecule has 6 rings (SSSR count). The number of benzene rings is 3. The van der Waals surface area contributed by atoms with E-state index in [0.717, 1.165) is 11.1 Å². The van der Waals surface area contributed by atoms with E-state index in [0.29, 0.717) is 11.8 Å². The fourth-order valence-electron chi connectivity index (χ4n) is 9.12. The summed E-state index contributed by atoms with van der Waals surface area (Å²) in [5.74, 6) is 0.874. The Morgan fingerprint density at radius 1 is 0.474 bits per heavy atom. The summed E-state index contributed by atoms with van der Waals surface area (Å²) in [4.78, 5) is 8.52. The van der Waals surface area contributed by atoms with Gasteiger partial charge in [0.05, 0.1) is 0 Å². The van der Waals surface area contributed by atoms with Gasteiger partial charge in [0.15, 0.2) is 0 Å². The molecule has 0 unspecified atom stereocenters. The van der Waals surface area contributed by atoms with Crippen LogP contribution in [0.4, 0.5) is 0 Å². The minimum atomic E-state index is 0.0239. The van der Waals surface area contributed by atoms with Crippen molar-refractivity contribution >= 4 is 24.3 Å². The number of hydrogen-bond donors (Lipinski definition) is 0. The van der Waals surface area contributed by atoms with Crippen molar-refractivity contribution in [3.8, 4) is 22.3 Å². The van der Waals surface area contributed by atoms with Gasteiger partial charge in [-0.15, -0.1) is 0 Å². The van der Waals surface area contributed by atoms with E-state index in [4.69, 9.17) is 0 Å². The first kappa shape index (κ1) is 42.1. The molecule has 298 valence electrons. The minimum Gasteiger partial charge on any atom is -0.265 e. The summed E-state index contributed by atoms with van der Waals surface area (Å²) in [5.41, 5.74) is 16.4. The number of pyridine rings is 2. The van der Waals surface area contributed by atoms with Crippen LogP contribution in [0.15, 0.2) is 97.6 Å². The quantitative estimate of drug-likeness (QED) is 0.0697. The van der Waals surface area contributed by atoms with Crippen molar-refractivity contribution in [3.05, 3.63) is 142 Å². The molecule has 0 saturated heterocycles. The van der Waals surface area contributed by atoms with Crippen molar-refractivity contribution in [3.63, 3.8) is 0 Å². The Hall–Kier alpha value is -4.56. The van der Waals surface area contributed by atoms with Crippen LogP contribution in [0.1, 0.15) is 188 Å². The summed E-state index contributed by atoms with van der Waals surface area (Å²) < 4.78 is 0. The monoisotopic (exact) mass is 757 g/mol. The van der Waals surface area contributed by atoms with Gasteiger partial charge in [0.25, 0.3) is 0 Å². The molecule has 57 heavy (non-hydrogen) atoms. The number of unbranched alkanes of at least 4 members (excludes halogenated alkanes) is 10. The highest BCUT2D eigenvalue weighted by Crippen LogP contribution is 2.56. The highest BCUT2D eigenvalue weighted by molar-refractivity contribution is 5.89. The first-order chi connectivity index (χ1) is 27.8. The average molecular weight is 757 g/mol. The molecule has 2 aromatic heterocycles. The molecule has 2 heterocycles. The van der Waals surface area contributed by atoms with Crippen LogP contribution in [-0.4, -0.2) is 9.97 Å². The van der Waals surface area contributed by atoms with Gasteiger partial charge in [-0.3, -0.25) is 9.97 Å². The topological polar surface area (TPSA) is 25.8 Å². The van der Waals surface area contributed by atoms with Crippen molar-refractivity contribution in [2.24, 2.45) is 0 Å². The van der Waals surface area contributed by atoms with Crippen LogP contribution in [0.2, 0.25) is 0 Å². The van der Waals surface area contributed by atoms with Crippen molar-refractivity contribution in [1.29, 1.82) is 0 Å². The van der Waals surface area contributed by atoms with E-state index in [2.05, 4.69) is 149 Å². The Morgan fingerprint density at radius 3 is 1.53 bits per heavy atom. The molecule has 0 amide bonds. The van der Waals surface area contributed by atoms with Crippen LogP contribution in [-0.2, 0) is 5.41 Å². The normalized spacial score (nSPS) is 13.3. The number of hydrogen-bond acceptors (Lipinski definition) is 2. The smallest absolute Gasteiger partial charge is 0.0273 e. The third-order valence-electron chi connectivity index (χ3n) is 12.5. The van der Waals surface area contributed by atoms with Crippen LogP contribution in [0.3, 0.4) is 0 Å². The molecule has 3 aromatic carbocycles. The number of rotatable bonds is 21. The molecular weight excluding hydrogens is 689 g/mol. The summed E-state index contributed by atoms with van der Waals surface area (Å²) >= 11 is 0. The third kappa shape index (κ3) is 10.5.